The maximum absolute atomic E-state index is 12.5. The van der Waals surface area contributed by atoms with Gasteiger partial charge in [-0.2, -0.15) is 17.4 Å². The molecule has 1 fully saturated rings. The molecule has 3 rings (SSSR count). The minimum absolute atomic E-state index is 0.293. The summed E-state index contributed by atoms with van der Waals surface area (Å²) < 4.78 is 34.4. The van der Waals surface area contributed by atoms with Gasteiger partial charge < -0.3 is 4.74 Å². The summed E-state index contributed by atoms with van der Waals surface area (Å²) >= 11 is 0. The molecule has 118 valence electrons. The molecule has 0 amide bonds. The number of ether oxygens (including phenoxy) is 1. The number of fused-ring (bicyclic) bond motifs is 1. The van der Waals surface area contributed by atoms with E-state index in [-0.39, 0.29) is 6.04 Å². The number of rotatable bonds is 4. The van der Waals surface area contributed by atoms with E-state index in [1.54, 1.807) is 0 Å². The van der Waals surface area contributed by atoms with Crippen molar-refractivity contribution in [1.29, 1.82) is 0 Å². The van der Waals surface area contributed by atoms with Crippen LogP contribution in [0.1, 0.15) is 18.5 Å². The van der Waals surface area contributed by atoms with Crippen LogP contribution in [0, 0.1) is 0 Å². The molecule has 1 aliphatic rings. The zero-order valence-corrected chi connectivity index (χ0v) is 13.3. The Hall–Kier alpha value is -1.47. The summed E-state index contributed by atoms with van der Waals surface area (Å²) in [6.07, 6.45) is 0. The van der Waals surface area contributed by atoms with E-state index in [9.17, 15) is 8.42 Å². The van der Waals surface area contributed by atoms with Crippen molar-refractivity contribution in [2.75, 3.05) is 26.3 Å². The molecule has 0 radical (unpaired) electrons. The highest BCUT2D eigenvalue weighted by molar-refractivity contribution is 7.87. The number of morpholine rings is 1. The maximum Gasteiger partial charge on any atom is 0.280 e. The maximum atomic E-state index is 12.5. The predicted molar refractivity (Wildman–Crippen MR) is 86.8 cm³/mol. The lowest BCUT2D eigenvalue weighted by Gasteiger charge is -2.28. The van der Waals surface area contributed by atoms with Gasteiger partial charge in [0.25, 0.3) is 10.2 Å². The second kappa shape index (κ2) is 6.34. The zero-order chi connectivity index (χ0) is 15.6. The molecule has 0 saturated carbocycles. The molecule has 1 aliphatic heterocycles. The van der Waals surface area contributed by atoms with Crippen LogP contribution < -0.4 is 4.72 Å². The molecule has 0 bridgehead atoms. The third kappa shape index (κ3) is 3.15. The van der Waals surface area contributed by atoms with Crippen molar-refractivity contribution in [3.05, 3.63) is 48.0 Å². The third-order valence-electron chi connectivity index (χ3n) is 3.93. The Morgan fingerprint density at radius 2 is 1.77 bits per heavy atom. The van der Waals surface area contributed by atoms with Gasteiger partial charge in [-0.1, -0.05) is 42.5 Å². The van der Waals surface area contributed by atoms with Crippen LogP contribution in [0.25, 0.3) is 10.8 Å². The summed E-state index contributed by atoms with van der Waals surface area (Å²) in [5.74, 6) is 0. The number of hydrogen-bond donors (Lipinski definition) is 1. The third-order valence-corrected chi connectivity index (χ3v) is 5.62. The molecule has 22 heavy (non-hydrogen) atoms. The fourth-order valence-electron chi connectivity index (χ4n) is 2.78. The van der Waals surface area contributed by atoms with Crippen LogP contribution in [0.4, 0.5) is 0 Å². The highest BCUT2D eigenvalue weighted by atomic mass is 32.2. The Bertz CT molecular complexity index is 750. The van der Waals surface area contributed by atoms with Gasteiger partial charge in [-0.3, -0.25) is 0 Å². The van der Waals surface area contributed by atoms with Gasteiger partial charge in [0, 0.05) is 19.1 Å². The van der Waals surface area contributed by atoms with E-state index in [0.29, 0.717) is 26.3 Å². The fraction of sp³-hybridized carbons (Fsp3) is 0.375. The van der Waals surface area contributed by atoms with Crippen molar-refractivity contribution in [3.63, 3.8) is 0 Å². The average Bonchev–Trinajstić information content (AvgIpc) is 2.54. The summed E-state index contributed by atoms with van der Waals surface area (Å²) in [5.41, 5.74) is 0.981. The van der Waals surface area contributed by atoms with E-state index in [1.165, 1.54) is 4.31 Å². The van der Waals surface area contributed by atoms with Crippen LogP contribution in [0.5, 0.6) is 0 Å². The summed E-state index contributed by atoms with van der Waals surface area (Å²) in [4.78, 5) is 0. The molecule has 2 aromatic rings. The molecule has 0 unspecified atom stereocenters. The summed E-state index contributed by atoms with van der Waals surface area (Å²) in [5, 5.41) is 2.18. The van der Waals surface area contributed by atoms with Crippen LogP contribution in [0.2, 0.25) is 0 Å². The normalized spacial score (nSPS) is 18.4. The molecule has 0 aromatic heterocycles. The smallest absolute Gasteiger partial charge is 0.280 e. The van der Waals surface area contributed by atoms with Gasteiger partial charge >= 0.3 is 0 Å². The largest absolute Gasteiger partial charge is 0.379 e. The molecule has 2 aromatic carbocycles. The minimum Gasteiger partial charge on any atom is -0.379 e. The molecule has 1 saturated heterocycles. The summed E-state index contributed by atoms with van der Waals surface area (Å²) in [6.45, 7) is 3.57. The van der Waals surface area contributed by atoms with Gasteiger partial charge in [-0.25, -0.2) is 0 Å². The second-order valence-electron chi connectivity index (χ2n) is 5.42. The molecular formula is C16H20N2O3S. The highest BCUT2D eigenvalue weighted by Crippen LogP contribution is 2.24. The van der Waals surface area contributed by atoms with E-state index >= 15 is 0 Å². The first-order valence-corrected chi connectivity index (χ1v) is 8.85. The van der Waals surface area contributed by atoms with Crippen molar-refractivity contribution >= 4 is 21.0 Å². The van der Waals surface area contributed by atoms with Gasteiger partial charge in [0.1, 0.15) is 0 Å². The van der Waals surface area contributed by atoms with Crippen LogP contribution in [-0.4, -0.2) is 39.0 Å². The van der Waals surface area contributed by atoms with E-state index in [4.69, 9.17) is 4.74 Å². The molecule has 0 aliphatic carbocycles. The Balaban J connectivity index is 1.85. The van der Waals surface area contributed by atoms with E-state index in [2.05, 4.69) is 4.72 Å². The lowest BCUT2D eigenvalue weighted by atomic mass is 10.0. The molecule has 1 N–H and O–H groups in total. The number of hydrogen-bond acceptors (Lipinski definition) is 3. The molecule has 6 heteroatoms. The Morgan fingerprint density at radius 1 is 1.09 bits per heavy atom. The first kappa shape index (κ1) is 15.4. The van der Waals surface area contributed by atoms with Crippen LogP contribution in [-0.2, 0) is 14.9 Å². The van der Waals surface area contributed by atoms with E-state index < -0.39 is 10.2 Å². The van der Waals surface area contributed by atoms with Gasteiger partial charge in [0.2, 0.25) is 0 Å². The van der Waals surface area contributed by atoms with Crippen molar-refractivity contribution in [2.24, 2.45) is 0 Å². The first-order valence-electron chi connectivity index (χ1n) is 7.41. The Kier molecular flexibility index (Phi) is 4.44. The standard InChI is InChI=1S/C16H20N2O3S/c1-13(17-22(19,20)18-9-11-21-12-10-18)15-8-4-6-14-5-2-3-7-16(14)15/h2-8,13,17H,9-12H2,1H3/t13-/m1/s1. The van der Waals surface area contributed by atoms with Crippen molar-refractivity contribution in [2.45, 2.75) is 13.0 Å². The Labute approximate surface area is 131 Å². The van der Waals surface area contributed by atoms with Gasteiger partial charge in [-0.15, -0.1) is 0 Å². The molecular weight excluding hydrogens is 300 g/mol. The highest BCUT2D eigenvalue weighted by Gasteiger charge is 2.26. The van der Waals surface area contributed by atoms with Gasteiger partial charge in [0.05, 0.1) is 13.2 Å². The van der Waals surface area contributed by atoms with Gasteiger partial charge in [0.15, 0.2) is 0 Å². The number of nitrogens with one attached hydrogen (secondary N) is 1. The fourth-order valence-corrected chi connectivity index (χ4v) is 4.13. The summed E-state index contributed by atoms with van der Waals surface area (Å²) in [6, 6.07) is 13.7. The van der Waals surface area contributed by atoms with E-state index in [0.717, 1.165) is 16.3 Å². The molecule has 1 heterocycles. The van der Waals surface area contributed by atoms with E-state index in [1.807, 2.05) is 49.4 Å². The second-order valence-corrected chi connectivity index (χ2v) is 7.13. The molecule has 0 spiro atoms. The lowest BCUT2D eigenvalue weighted by Crippen LogP contribution is -2.47. The monoisotopic (exact) mass is 320 g/mol. The molecule has 5 nitrogen and oxygen atoms in total. The van der Waals surface area contributed by atoms with Crippen molar-refractivity contribution in [3.8, 4) is 0 Å². The lowest BCUT2D eigenvalue weighted by molar-refractivity contribution is 0.0723. The number of benzene rings is 2. The average molecular weight is 320 g/mol. The SMILES string of the molecule is C[C@@H](NS(=O)(=O)N1CCOCC1)c1cccc2ccccc12. The topological polar surface area (TPSA) is 58.6 Å². The molecule has 1 atom stereocenters. The quantitative estimate of drug-likeness (QED) is 0.938. The van der Waals surface area contributed by atoms with Crippen molar-refractivity contribution in [1.82, 2.24) is 9.03 Å². The van der Waals surface area contributed by atoms with Crippen LogP contribution >= 0.6 is 0 Å². The van der Waals surface area contributed by atoms with Crippen LogP contribution in [0.3, 0.4) is 0 Å². The van der Waals surface area contributed by atoms with Gasteiger partial charge in [-0.05, 0) is 23.3 Å². The predicted octanol–water partition coefficient (Wildman–Crippen LogP) is 2.07. The van der Waals surface area contributed by atoms with Crippen LogP contribution in [0.15, 0.2) is 42.5 Å². The zero-order valence-electron chi connectivity index (χ0n) is 12.5. The summed E-state index contributed by atoms with van der Waals surface area (Å²) in [7, 11) is -3.50. The Morgan fingerprint density at radius 3 is 2.55 bits per heavy atom. The number of nitrogens with zero attached hydrogens (tertiary/aromatic N) is 1. The first-order chi connectivity index (χ1) is 10.6. The minimum atomic E-state index is -3.50. The van der Waals surface area contributed by atoms with Crippen molar-refractivity contribution < 1.29 is 13.2 Å².